The van der Waals surface area contributed by atoms with Crippen LogP contribution in [0.1, 0.15) is 70.6 Å². The summed E-state index contributed by atoms with van der Waals surface area (Å²) < 4.78 is 4.53. The first-order valence-corrected chi connectivity index (χ1v) is 18.0. The minimum Gasteiger partial charge on any atom is -0.347 e. The van der Waals surface area contributed by atoms with Gasteiger partial charge in [0.05, 0.1) is 40.7 Å². The molecule has 0 saturated carbocycles. The third kappa shape index (κ3) is 5.14. The molecule has 2 aromatic heterocycles. The van der Waals surface area contributed by atoms with E-state index in [1.54, 1.807) is 0 Å². The molecule has 1 N–H and O–H groups in total. The Bertz CT molecular complexity index is 2660. The molecule has 0 saturated heterocycles. The highest BCUT2D eigenvalue weighted by Crippen LogP contribution is 2.44. The van der Waals surface area contributed by atoms with Crippen molar-refractivity contribution in [2.24, 2.45) is 5.92 Å². The van der Waals surface area contributed by atoms with E-state index in [1.807, 2.05) is 42.6 Å². The van der Waals surface area contributed by atoms with E-state index in [0.29, 0.717) is 18.4 Å². The molecule has 1 aliphatic heterocycles. The first-order valence-electron chi connectivity index (χ1n) is 18.0. The topological polar surface area (TPSA) is 93.3 Å². The molecule has 0 bridgehead atoms. The maximum Gasteiger partial charge on any atom is 0.122 e. The number of para-hydroxylation sites is 1. The number of fused-ring (bicyclic) bond motifs is 6. The molecular formula is C47H34N6. The Labute approximate surface area is 309 Å². The Balaban J connectivity index is 1.14. The number of nitrogens with zero attached hydrogens (tertiary/aromatic N) is 5. The van der Waals surface area contributed by atoms with Gasteiger partial charge in [-0.05, 0) is 84.0 Å². The number of hydrogen-bond donors (Lipinski definition) is 1. The molecule has 5 aromatic rings. The number of aromatic nitrogens is 2. The summed E-state index contributed by atoms with van der Waals surface area (Å²) >= 11 is 0. The van der Waals surface area contributed by atoms with Crippen molar-refractivity contribution in [3.05, 3.63) is 154 Å². The highest BCUT2D eigenvalue weighted by molar-refractivity contribution is 5.87. The Hall–Kier alpha value is -7.07. The van der Waals surface area contributed by atoms with Crippen LogP contribution in [0.4, 0.5) is 5.82 Å². The van der Waals surface area contributed by atoms with Crippen molar-refractivity contribution < 1.29 is 0 Å². The van der Waals surface area contributed by atoms with Gasteiger partial charge >= 0.3 is 0 Å². The third-order valence-electron chi connectivity index (χ3n) is 10.9. The van der Waals surface area contributed by atoms with Crippen LogP contribution in [0.5, 0.6) is 0 Å². The maximum absolute atomic E-state index is 10.4. The van der Waals surface area contributed by atoms with Crippen molar-refractivity contribution in [1.82, 2.24) is 9.13 Å². The normalized spacial score (nSPS) is 17.5. The summed E-state index contributed by atoms with van der Waals surface area (Å²) in [6.45, 7) is 2.16. The number of nitrogens with one attached hydrogen (secondary N) is 1. The first kappa shape index (κ1) is 31.9. The smallest absolute Gasteiger partial charge is 0.122 e. The molecule has 6 nitrogen and oxygen atoms in total. The fraction of sp³-hybridized carbons (Fsp3) is 0.128. The second-order valence-electron chi connectivity index (χ2n) is 13.8. The fourth-order valence-corrected chi connectivity index (χ4v) is 8.37. The number of rotatable bonds is 4. The predicted octanol–water partition coefficient (Wildman–Crippen LogP) is 11.0. The summed E-state index contributed by atoms with van der Waals surface area (Å²) in [6.07, 6.45) is 25.1. The second kappa shape index (κ2) is 12.9. The zero-order chi connectivity index (χ0) is 36.1. The van der Waals surface area contributed by atoms with E-state index in [2.05, 4.69) is 131 Å². The lowest BCUT2D eigenvalue weighted by Crippen LogP contribution is -2.12. The summed E-state index contributed by atoms with van der Waals surface area (Å²) in [6, 6.07) is 30.5. The molecule has 9 rings (SSSR count). The van der Waals surface area contributed by atoms with Crippen molar-refractivity contribution in [1.29, 1.82) is 15.8 Å². The van der Waals surface area contributed by atoms with Gasteiger partial charge in [0, 0.05) is 51.3 Å². The second-order valence-corrected chi connectivity index (χ2v) is 13.8. The fourth-order valence-electron chi connectivity index (χ4n) is 8.37. The predicted molar refractivity (Wildman–Crippen MR) is 214 cm³/mol. The summed E-state index contributed by atoms with van der Waals surface area (Å²) in [7, 11) is 0. The van der Waals surface area contributed by atoms with Crippen LogP contribution in [0.3, 0.4) is 0 Å². The Morgan fingerprint density at radius 2 is 1.57 bits per heavy atom. The number of anilines is 1. The number of allylic oxidation sites excluding steroid dienone is 6. The average molecular weight is 683 g/mol. The Morgan fingerprint density at radius 3 is 2.40 bits per heavy atom. The molecule has 3 heterocycles. The van der Waals surface area contributed by atoms with Gasteiger partial charge in [-0.2, -0.15) is 15.8 Å². The minimum atomic E-state index is -0.154. The van der Waals surface area contributed by atoms with Crippen LogP contribution in [0, 0.1) is 39.9 Å². The summed E-state index contributed by atoms with van der Waals surface area (Å²) in [4.78, 5) is 0. The standard InChI is InChI=1S/C47H34N6/c1-30-35(28-49)21-23-44-45(30)40-13-3-2-4-15-42(40)52(44)37-11-7-9-34(26-37)32-17-19-33(20-18-32)38-14-8-10-36(29-50)46(38)53-43-22-16-31(27-48)25-41(43)39-12-5-6-24-51-47(39)53/h3-15,17-21,23-26,30,35,51H,2,16,22H2,1H3. The monoisotopic (exact) mass is 682 g/mol. The van der Waals surface area contributed by atoms with Gasteiger partial charge < -0.3 is 9.88 Å². The van der Waals surface area contributed by atoms with E-state index in [-0.39, 0.29) is 11.8 Å². The van der Waals surface area contributed by atoms with Gasteiger partial charge in [0.25, 0.3) is 0 Å². The molecule has 3 aliphatic carbocycles. The van der Waals surface area contributed by atoms with E-state index in [4.69, 9.17) is 0 Å². The van der Waals surface area contributed by atoms with Crippen LogP contribution < -0.4 is 5.32 Å². The van der Waals surface area contributed by atoms with E-state index >= 15 is 0 Å². The molecule has 0 spiro atoms. The van der Waals surface area contributed by atoms with Crippen molar-refractivity contribution >= 4 is 36.2 Å². The highest BCUT2D eigenvalue weighted by atomic mass is 15.1. The number of benzene rings is 3. The molecule has 53 heavy (non-hydrogen) atoms. The highest BCUT2D eigenvalue weighted by Gasteiger charge is 2.31. The molecule has 0 radical (unpaired) electrons. The number of nitriles is 3. The van der Waals surface area contributed by atoms with Crippen LogP contribution in [0.2, 0.25) is 0 Å². The van der Waals surface area contributed by atoms with Gasteiger partial charge in [-0.25, -0.2) is 0 Å². The minimum absolute atomic E-state index is 0.0912. The van der Waals surface area contributed by atoms with E-state index in [0.717, 1.165) is 79.6 Å². The number of hydrogen-bond acceptors (Lipinski definition) is 4. The van der Waals surface area contributed by atoms with E-state index in [9.17, 15) is 15.8 Å². The largest absolute Gasteiger partial charge is 0.347 e. The van der Waals surface area contributed by atoms with Gasteiger partial charge in [0.15, 0.2) is 0 Å². The summed E-state index contributed by atoms with van der Waals surface area (Å²) in [5.74, 6) is 0.822. The average Bonchev–Trinajstić information content (AvgIpc) is 3.39. The molecule has 2 unspecified atom stereocenters. The molecule has 3 aromatic carbocycles. The van der Waals surface area contributed by atoms with Gasteiger partial charge in [0.2, 0.25) is 0 Å². The van der Waals surface area contributed by atoms with Crippen LogP contribution in [0.25, 0.3) is 64.0 Å². The molecule has 2 atom stereocenters. The zero-order valence-electron chi connectivity index (χ0n) is 29.2. The van der Waals surface area contributed by atoms with Crippen LogP contribution in [-0.4, -0.2) is 9.13 Å². The lowest BCUT2D eigenvalue weighted by Gasteiger charge is -2.21. The SMILES string of the molecule is CC1c2c3c(n(-c4cccc(-c5ccc(-c6cccc(C#N)c6-n6c7c(c8c6NC=CC=C8)C=C(C#N)CC7)cc5)c4)c2C=CC1C#N)C=CCC=C3. The van der Waals surface area contributed by atoms with Crippen LogP contribution in [0.15, 0.2) is 109 Å². The molecule has 0 fully saturated rings. The first-order chi connectivity index (χ1) is 26.1. The zero-order valence-corrected chi connectivity index (χ0v) is 29.2. The summed E-state index contributed by atoms with van der Waals surface area (Å²) in [5.41, 5.74) is 15.2. The van der Waals surface area contributed by atoms with Gasteiger partial charge in [0.1, 0.15) is 11.9 Å². The molecule has 6 heteroatoms. The third-order valence-corrected chi connectivity index (χ3v) is 10.9. The lowest BCUT2D eigenvalue weighted by molar-refractivity contribution is 0.649. The van der Waals surface area contributed by atoms with Crippen LogP contribution >= 0.6 is 0 Å². The summed E-state index contributed by atoms with van der Waals surface area (Å²) in [5, 5.41) is 33.5. The molecule has 4 aliphatic rings. The molecule has 252 valence electrons. The van der Waals surface area contributed by atoms with Gasteiger partial charge in [-0.3, -0.25) is 4.57 Å². The Kier molecular flexibility index (Phi) is 7.77. The van der Waals surface area contributed by atoms with E-state index in [1.165, 1.54) is 11.1 Å². The quantitative estimate of drug-likeness (QED) is 0.204. The van der Waals surface area contributed by atoms with Crippen molar-refractivity contribution in [3.8, 4) is 51.8 Å². The Morgan fingerprint density at radius 1 is 0.736 bits per heavy atom. The van der Waals surface area contributed by atoms with Gasteiger partial charge in [-0.1, -0.05) is 91.9 Å². The van der Waals surface area contributed by atoms with Crippen LogP contribution in [-0.2, 0) is 6.42 Å². The van der Waals surface area contributed by atoms with Crippen molar-refractivity contribution in [2.45, 2.75) is 32.1 Å². The lowest BCUT2D eigenvalue weighted by atomic mass is 9.82. The van der Waals surface area contributed by atoms with Crippen molar-refractivity contribution in [3.63, 3.8) is 0 Å². The molecule has 0 amide bonds. The van der Waals surface area contributed by atoms with Crippen molar-refractivity contribution in [2.75, 3.05) is 5.32 Å². The maximum atomic E-state index is 10.4. The van der Waals surface area contributed by atoms with E-state index < -0.39 is 0 Å². The molecular weight excluding hydrogens is 649 g/mol. The van der Waals surface area contributed by atoms with Gasteiger partial charge in [-0.15, -0.1) is 0 Å².